The van der Waals surface area contributed by atoms with Crippen molar-refractivity contribution in [1.29, 1.82) is 0 Å². The van der Waals surface area contributed by atoms with Gasteiger partial charge in [-0.3, -0.25) is 14.9 Å². The van der Waals surface area contributed by atoms with Crippen LogP contribution in [0.15, 0.2) is 43.1 Å². The van der Waals surface area contributed by atoms with Crippen molar-refractivity contribution in [2.24, 2.45) is 0 Å². The molecule has 1 aromatic carbocycles. The van der Waals surface area contributed by atoms with E-state index in [1.165, 1.54) is 6.07 Å². The molecule has 1 aromatic heterocycles. The largest absolute Gasteiger partial charge is 0.448 e. The van der Waals surface area contributed by atoms with E-state index in [9.17, 15) is 14.9 Å². The molecule has 8 nitrogen and oxygen atoms in total. The zero-order valence-electron chi connectivity index (χ0n) is 11.7. The molecule has 0 saturated heterocycles. The molecule has 23 heavy (non-hydrogen) atoms. The Bertz CT molecular complexity index is 794. The third kappa shape index (κ3) is 3.74. The number of aromatic nitrogens is 1. The number of nitrogens with zero attached hydrogens (tertiary/aromatic N) is 2. The van der Waals surface area contributed by atoms with Crippen molar-refractivity contribution in [2.75, 3.05) is 11.1 Å². The van der Waals surface area contributed by atoms with Gasteiger partial charge in [0, 0.05) is 11.8 Å². The molecule has 1 amide bonds. The minimum atomic E-state index is -0.729. The van der Waals surface area contributed by atoms with E-state index in [2.05, 4.69) is 16.9 Å². The first-order chi connectivity index (χ1) is 10.9. The fraction of sp³-hybridized carbons (Fsp3) is 0. The molecule has 3 N–H and O–H groups in total. The lowest BCUT2D eigenvalue weighted by Crippen LogP contribution is -2.07. The zero-order valence-corrected chi connectivity index (χ0v) is 12.4. The summed E-state index contributed by atoms with van der Waals surface area (Å²) in [5, 5.41) is 13.6. The summed E-state index contributed by atoms with van der Waals surface area (Å²) >= 11 is 5.91. The maximum absolute atomic E-state index is 11.3. The van der Waals surface area contributed by atoms with E-state index in [1.54, 1.807) is 18.2 Å². The molecule has 0 saturated carbocycles. The number of carbonyl (C=O) groups excluding carboxylic acids is 1. The second kappa shape index (κ2) is 6.75. The lowest BCUT2D eigenvalue weighted by Gasteiger charge is -2.10. The number of nitrogens with two attached hydrogens (primary N) is 1. The predicted octanol–water partition coefficient (Wildman–Crippen LogP) is 3.14. The summed E-state index contributed by atoms with van der Waals surface area (Å²) in [7, 11) is 0. The molecule has 118 valence electrons. The van der Waals surface area contributed by atoms with Gasteiger partial charge in [0.15, 0.2) is 0 Å². The number of benzene rings is 1. The Kier molecular flexibility index (Phi) is 4.77. The zero-order chi connectivity index (χ0) is 17.0. The summed E-state index contributed by atoms with van der Waals surface area (Å²) in [6.45, 7) is 3.34. The SMILES string of the molecule is C=CC(=O)Nc1cccc(Oc2c(Cl)cnc(N)c2[N+](=O)[O-])c1. The van der Waals surface area contributed by atoms with Gasteiger partial charge in [-0.05, 0) is 18.2 Å². The van der Waals surface area contributed by atoms with Crippen LogP contribution in [0.2, 0.25) is 5.02 Å². The van der Waals surface area contributed by atoms with Gasteiger partial charge in [0.2, 0.25) is 17.5 Å². The molecule has 0 aliphatic rings. The molecule has 9 heteroatoms. The minimum absolute atomic E-state index is 0.0635. The van der Waals surface area contributed by atoms with Gasteiger partial charge < -0.3 is 15.8 Å². The van der Waals surface area contributed by atoms with Crippen molar-refractivity contribution < 1.29 is 14.5 Å². The molecular formula is C14H11ClN4O4. The molecule has 0 spiro atoms. The van der Waals surface area contributed by atoms with Gasteiger partial charge in [-0.2, -0.15) is 0 Å². The lowest BCUT2D eigenvalue weighted by atomic mass is 10.3. The third-order valence-corrected chi connectivity index (χ3v) is 2.95. The smallest absolute Gasteiger partial charge is 0.354 e. The number of nitrogen functional groups attached to an aromatic ring is 1. The first-order valence-electron chi connectivity index (χ1n) is 6.22. The monoisotopic (exact) mass is 334 g/mol. The molecule has 0 aliphatic heterocycles. The van der Waals surface area contributed by atoms with Crippen LogP contribution in [-0.2, 0) is 4.79 Å². The number of carbonyl (C=O) groups is 1. The van der Waals surface area contributed by atoms with Crippen molar-refractivity contribution in [3.63, 3.8) is 0 Å². The van der Waals surface area contributed by atoms with Crippen molar-refractivity contribution in [3.05, 3.63) is 58.3 Å². The average Bonchev–Trinajstić information content (AvgIpc) is 2.51. The molecule has 1 heterocycles. The Balaban J connectivity index is 2.38. The van der Waals surface area contributed by atoms with Crippen molar-refractivity contribution >= 4 is 34.7 Å². The van der Waals surface area contributed by atoms with Crippen LogP contribution in [-0.4, -0.2) is 15.8 Å². The van der Waals surface area contributed by atoms with E-state index in [-0.39, 0.29) is 22.3 Å². The van der Waals surface area contributed by atoms with Gasteiger partial charge in [-0.15, -0.1) is 0 Å². The summed E-state index contributed by atoms with van der Waals surface area (Å²) in [5.74, 6) is -0.719. The first-order valence-corrected chi connectivity index (χ1v) is 6.60. The number of rotatable bonds is 5. The molecular weight excluding hydrogens is 324 g/mol. The van der Waals surface area contributed by atoms with Crippen LogP contribution < -0.4 is 15.8 Å². The molecule has 0 fully saturated rings. The number of hydrogen-bond acceptors (Lipinski definition) is 6. The normalized spacial score (nSPS) is 9.96. The number of nitro groups is 1. The second-order valence-corrected chi connectivity index (χ2v) is 4.66. The van der Waals surface area contributed by atoms with E-state index in [0.717, 1.165) is 12.3 Å². The van der Waals surface area contributed by atoms with Gasteiger partial charge >= 0.3 is 5.69 Å². The summed E-state index contributed by atoms with van der Waals surface area (Å²) in [5.41, 5.74) is 5.39. The third-order valence-electron chi connectivity index (χ3n) is 2.68. The molecule has 2 aromatic rings. The number of amides is 1. The fourth-order valence-electron chi connectivity index (χ4n) is 1.70. The number of nitrogens with one attached hydrogen (secondary N) is 1. The van der Waals surface area contributed by atoms with E-state index in [4.69, 9.17) is 22.1 Å². The molecule has 0 aliphatic carbocycles. The van der Waals surface area contributed by atoms with Crippen molar-refractivity contribution in [1.82, 2.24) is 4.98 Å². The first kappa shape index (κ1) is 16.2. The Hall–Kier alpha value is -3.13. The van der Waals surface area contributed by atoms with Crippen LogP contribution in [0.5, 0.6) is 11.5 Å². The van der Waals surface area contributed by atoms with Crippen LogP contribution in [0, 0.1) is 10.1 Å². The summed E-state index contributed by atoms with van der Waals surface area (Å²) in [4.78, 5) is 25.3. The quantitative estimate of drug-likeness (QED) is 0.492. The average molecular weight is 335 g/mol. The molecule has 0 bridgehead atoms. The van der Waals surface area contributed by atoms with E-state index >= 15 is 0 Å². The number of halogens is 1. The Morgan fingerprint density at radius 1 is 1.52 bits per heavy atom. The highest BCUT2D eigenvalue weighted by Crippen LogP contribution is 2.40. The standard InChI is InChI=1S/C14H11ClN4O4/c1-2-11(20)18-8-4-3-5-9(6-8)23-13-10(15)7-17-14(16)12(13)19(21)22/h2-7H,1H2,(H2,16,17)(H,18,20). The highest BCUT2D eigenvalue weighted by molar-refractivity contribution is 6.32. The van der Waals surface area contributed by atoms with Crippen LogP contribution >= 0.6 is 11.6 Å². The van der Waals surface area contributed by atoms with Gasteiger partial charge in [-0.1, -0.05) is 24.2 Å². The molecule has 0 atom stereocenters. The van der Waals surface area contributed by atoms with Gasteiger partial charge in [0.1, 0.15) is 10.8 Å². The van der Waals surface area contributed by atoms with Crippen LogP contribution in [0.4, 0.5) is 17.2 Å². The summed E-state index contributed by atoms with van der Waals surface area (Å²) in [6.07, 6.45) is 2.27. The van der Waals surface area contributed by atoms with Gasteiger partial charge in [-0.25, -0.2) is 4.98 Å². The molecule has 0 unspecified atom stereocenters. The highest BCUT2D eigenvalue weighted by Gasteiger charge is 2.25. The topological polar surface area (TPSA) is 120 Å². The Morgan fingerprint density at radius 3 is 2.91 bits per heavy atom. The number of ether oxygens (including phenoxy) is 1. The highest BCUT2D eigenvalue weighted by atomic mass is 35.5. The van der Waals surface area contributed by atoms with Crippen LogP contribution in [0.25, 0.3) is 0 Å². The number of hydrogen-bond donors (Lipinski definition) is 2. The fourth-order valence-corrected chi connectivity index (χ4v) is 1.87. The lowest BCUT2D eigenvalue weighted by molar-refractivity contribution is -0.384. The molecule has 0 radical (unpaired) electrons. The maximum atomic E-state index is 11.3. The minimum Gasteiger partial charge on any atom is -0.448 e. The predicted molar refractivity (Wildman–Crippen MR) is 85.7 cm³/mol. The van der Waals surface area contributed by atoms with Crippen molar-refractivity contribution in [2.45, 2.75) is 0 Å². The van der Waals surface area contributed by atoms with E-state index < -0.39 is 16.5 Å². The number of anilines is 2. The van der Waals surface area contributed by atoms with Crippen LogP contribution in [0.3, 0.4) is 0 Å². The summed E-state index contributed by atoms with van der Waals surface area (Å²) in [6, 6.07) is 6.22. The van der Waals surface area contributed by atoms with Gasteiger partial charge in [0.25, 0.3) is 0 Å². The molecule has 2 rings (SSSR count). The number of pyridine rings is 1. The van der Waals surface area contributed by atoms with Gasteiger partial charge in [0.05, 0.1) is 11.1 Å². The Morgan fingerprint density at radius 2 is 2.26 bits per heavy atom. The van der Waals surface area contributed by atoms with E-state index in [1.807, 2.05) is 0 Å². The second-order valence-electron chi connectivity index (χ2n) is 4.25. The maximum Gasteiger partial charge on any atom is 0.354 e. The van der Waals surface area contributed by atoms with E-state index in [0.29, 0.717) is 5.69 Å². The summed E-state index contributed by atoms with van der Waals surface area (Å²) < 4.78 is 5.47. The van der Waals surface area contributed by atoms with Crippen molar-refractivity contribution in [3.8, 4) is 11.5 Å². The Labute approximate surface area is 135 Å². The van der Waals surface area contributed by atoms with Crippen LogP contribution in [0.1, 0.15) is 0 Å².